The van der Waals surface area contributed by atoms with Crippen molar-refractivity contribution in [2.75, 3.05) is 0 Å². The Kier molecular flexibility index (Phi) is 6.05. The van der Waals surface area contributed by atoms with Gasteiger partial charge in [-0.3, -0.25) is 0 Å². The van der Waals surface area contributed by atoms with Crippen LogP contribution in [0.15, 0.2) is 53.0 Å². The van der Waals surface area contributed by atoms with Crippen LogP contribution in [0.1, 0.15) is 23.2 Å². The highest BCUT2D eigenvalue weighted by atomic mass is 35.5. The molecule has 144 valence electrons. The molecule has 0 radical (unpaired) electrons. The largest absolute Gasteiger partial charge is 0.337 e. The average molecular weight is 424 g/mol. The van der Waals surface area contributed by atoms with Gasteiger partial charge in [0.05, 0.1) is 0 Å². The van der Waals surface area contributed by atoms with Gasteiger partial charge in [0.25, 0.3) is 10.0 Å². The number of sulfonamides is 1. The average Bonchev–Trinajstić information content (AvgIpc) is 3.24. The van der Waals surface area contributed by atoms with E-state index in [0.29, 0.717) is 17.3 Å². The summed E-state index contributed by atoms with van der Waals surface area (Å²) in [5, 5.41) is 2.71. The molecule has 0 bridgehead atoms. The van der Waals surface area contributed by atoms with E-state index in [9.17, 15) is 8.42 Å². The third kappa shape index (κ3) is 4.60. The first-order valence-corrected chi connectivity index (χ1v) is 11.3. The fraction of sp³-hybridized carbons (Fsp3) is 0.316. The van der Waals surface area contributed by atoms with Gasteiger partial charge in [-0.25, -0.2) is 13.4 Å². The molecule has 8 heteroatoms. The molecule has 1 atom stereocenters. The third-order valence-corrected chi connectivity index (χ3v) is 7.46. The van der Waals surface area contributed by atoms with Gasteiger partial charge >= 0.3 is 0 Å². The number of hydrogen-bond donors (Lipinski definition) is 0. The van der Waals surface area contributed by atoms with Crippen molar-refractivity contribution >= 4 is 33.0 Å². The maximum Gasteiger partial charge on any atom is 0.262 e. The summed E-state index contributed by atoms with van der Waals surface area (Å²) in [5.74, 6) is 0.658. The molecular formula is C19H22ClN3O2S2. The molecule has 2 heterocycles. The number of benzene rings is 1. The fourth-order valence-electron chi connectivity index (χ4n) is 2.84. The zero-order valence-electron chi connectivity index (χ0n) is 15.5. The SMILES string of the molecule is Cc1nc(S(=O)(=O)N(Cc2ccc(Cl)cc2)C(C)Cc2cccs2)cn1C. The van der Waals surface area contributed by atoms with Crippen LogP contribution in [0.25, 0.3) is 0 Å². The highest BCUT2D eigenvalue weighted by Crippen LogP contribution is 2.24. The van der Waals surface area contributed by atoms with Gasteiger partial charge in [-0.15, -0.1) is 11.3 Å². The molecule has 0 N–H and O–H groups in total. The topological polar surface area (TPSA) is 55.2 Å². The molecule has 0 aliphatic heterocycles. The Hall–Kier alpha value is -1.67. The van der Waals surface area contributed by atoms with Crippen LogP contribution in [0.2, 0.25) is 5.02 Å². The van der Waals surface area contributed by atoms with E-state index in [1.54, 1.807) is 48.2 Å². The number of rotatable bonds is 7. The summed E-state index contributed by atoms with van der Waals surface area (Å²) in [7, 11) is -1.95. The molecular weight excluding hydrogens is 402 g/mol. The summed E-state index contributed by atoms with van der Waals surface area (Å²) < 4.78 is 30.0. The van der Waals surface area contributed by atoms with E-state index in [2.05, 4.69) is 4.98 Å². The first-order chi connectivity index (χ1) is 12.8. The number of aryl methyl sites for hydroxylation is 2. The highest BCUT2D eigenvalue weighted by molar-refractivity contribution is 7.89. The van der Waals surface area contributed by atoms with Crippen LogP contribution >= 0.6 is 22.9 Å². The van der Waals surface area contributed by atoms with Crippen LogP contribution in [-0.2, 0) is 30.0 Å². The van der Waals surface area contributed by atoms with Gasteiger partial charge in [0.2, 0.25) is 0 Å². The number of thiophene rings is 1. The lowest BCUT2D eigenvalue weighted by molar-refractivity contribution is 0.328. The minimum atomic E-state index is -3.74. The van der Waals surface area contributed by atoms with Crippen LogP contribution in [0.5, 0.6) is 0 Å². The Labute approximate surface area is 169 Å². The molecule has 2 aromatic heterocycles. The molecule has 0 saturated heterocycles. The standard InChI is InChI=1S/C19H22ClN3O2S2/c1-14(11-18-5-4-10-26-18)23(12-16-6-8-17(20)9-7-16)27(24,25)19-13-22(3)15(2)21-19/h4-10,13-14H,11-12H2,1-3H3. The van der Waals surface area contributed by atoms with Gasteiger partial charge in [-0.1, -0.05) is 29.8 Å². The molecule has 3 aromatic rings. The number of aromatic nitrogens is 2. The van der Waals surface area contributed by atoms with Crippen LogP contribution in [0, 0.1) is 6.92 Å². The Balaban J connectivity index is 1.95. The molecule has 1 aromatic carbocycles. The Bertz CT molecular complexity index is 977. The van der Waals surface area contributed by atoms with E-state index in [1.807, 2.05) is 36.6 Å². The van der Waals surface area contributed by atoms with Crippen molar-refractivity contribution in [3.05, 3.63) is 69.3 Å². The molecule has 27 heavy (non-hydrogen) atoms. The molecule has 1 unspecified atom stereocenters. The van der Waals surface area contributed by atoms with Crippen LogP contribution < -0.4 is 0 Å². The minimum absolute atomic E-state index is 0.0782. The summed E-state index contributed by atoms with van der Waals surface area (Å²) in [4.78, 5) is 5.40. The lowest BCUT2D eigenvalue weighted by Crippen LogP contribution is -2.39. The van der Waals surface area contributed by atoms with E-state index in [0.717, 1.165) is 10.4 Å². The van der Waals surface area contributed by atoms with Crippen molar-refractivity contribution in [2.45, 2.75) is 37.9 Å². The van der Waals surface area contributed by atoms with Crippen molar-refractivity contribution in [1.29, 1.82) is 0 Å². The quantitative estimate of drug-likeness (QED) is 0.570. The maximum atomic E-state index is 13.4. The second kappa shape index (κ2) is 8.14. The predicted molar refractivity (Wildman–Crippen MR) is 110 cm³/mol. The molecule has 0 amide bonds. The normalized spacial score (nSPS) is 13.2. The van der Waals surface area contributed by atoms with E-state index >= 15 is 0 Å². The molecule has 0 spiro atoms. The highest BCUT2D eigenvalue weighted by Gasteiger charge is 2.31. The molecule has 0 saturated carbocycles. The van der Waals surface area contributed by atoms with E-state index < -0.39 is 10.0 Å². The smallest absolute Gasteiger partial charge is 0.262 e. The zero-order valence-corrected chi connectivity index (χ0v) is 17.9. The lowest BCUT2D eigenvalue weighted by Gasteiger charge is -2.27. The predicted octanol–water partition coefficient (Wildman–Crippen LogP) is 4.27. The van der Waals surface area contributed by atoms with Crippen molar-refractivity contribution < 1.29 is 8.42 Å². The maximum absolute atomic E-state index is 13.4. The number of halogens is 1. The number of hydrogen-bond acceptors (Lipinski definition) is 4. The van der Waals surface area contributed by atoms with E-state index in [4.69, 9.17) is 11.6 Å². The second-order valence-corrected chi connectivity index (χ2v) is 9.85. The summed E-state index contributed by atoms with van der Waals surface area (Å²) in [6.45, 7) is 3.99. The summed E-state index contributed by atoms with van der Waals surface area (Å²) in [6, 6.07) is 11.0. The molecule has 0 fully saturated rings. The zero-order chi connectivity index (χ0) is 19.6. The van der Waals surface area contributed by atoms with Crippen LogP contribution in [0.4, 0.5) is 0 Å². The van der Waals surface area contributed by atoms with E-state index in [1.165, 1.54) is 4.31 Å². The van der Waals surface area contributed by atoms with Gasteiger partial charge in [-0.05, 0) is 49.4 Å². The lowest BCUT2D eigenvalue weighted by atomic mass is 10.1. The van der Waals surface area contributed by atoms with Crippen molar-refractivity contribution in [3.63, 3.8) is 0 Å². The van der Waals surface area contributed by atoms with Crippen molar-refractivity contribution in [3.8, 4) is 0 Å². The van der Waals surface area contributed by atoms with Gasteiger partial charge in [0.1, 0.15) is 5.82 Å². The first kappa shape index (κ1) is 20.1. The number of imidazole rings is 1. The van der Waals surface area contributed by atoms with Gasteiger partial charge in [-0.2, -0.15) is 4.31 Å². The Morgan fingerprint density at radius 2 is 1.96 bits per heavy atom. The molecule has 3 rings (SSSR count). The van der Waals surface area contributed by atoms with Gasteiger partial charge in [0, 0.05) is 35.7 Å². The fourth-order valence-corrected chi connectivity index (χ4v) is 5.44. The van der Waals surface area contributed by atoms with Crippen LogP contribution in [0.3, 0.4) is 0 Å². The van der Waals surface area contributed by atoms with Crippen LogP contribution in [-0.4, -0.2) is 28.3 Å². The molecule has 5 nitrogen and oxygen atoms in total. The summed E-state index contributed by atoms with van der Waals surface area (Å²) in [5.41, 5.74) is 0.883. The Morgan fingerprint density at radius 1 is 1.26 bits per heavy atom. The van der Waals surface area contributed by atoms with Crippen molar-refractivity contribution in [1.82, 2.24) is 13.9 Å². The second-order valence-electron chi connectivity index (χ2n) is 6.55. The Morgan fingerprint density at radius 3 is 2.52 bits per heavy atom. The van der Waals surface area contributed by atoms with E-state index in [-0.39, 0.29) is 17.6 Å². The molecule has 0 aliphatic rings. The number of nitrogens with zero attached hydrogens (tertiary/aromatic N) is 3. The van der Waals surface area contributed by atoms with Gasteiger partial charge < -0.3 is 4.57 Å². The first-order valence-electron chi connectivity index (χ1n) is 8.56. The summed E-state index contributed by atoms with van der Waals surface area (Å²) >= 11 is 7.60. The monoisotopic (exact) mass is 423 g/mol. The molecule has 0 aliphatic carbocycles. The van der Waals surface area contributed by atoms with Crippen molar-refractivity contribution in [2.24, 2.45) is 7.05 Å². The van der Waals surface area contributed by atoms with Gasteiger partial charge in [0.15, 0.2) is 5.03 Å². The minimum Gasteiger partial charge on any atom is -0.337 e. The summed E-state index contributed by atoms with van der Waals surface area (Å²) in [6.07, 6.45) is 2.22. The third-order valence-electron chi connectivity index (χ3n) is 4.48.